The lowest BCUT2D eigenvalue weighted by atomic mass is 10.1. The van der Waals surface area contributed by atoms with Crippen LogP contribution in [0.5, 0.6) is 0 Å². The summed E-state index contributed by atoms with van der Waals surface area (Å²) in [4.78, 5) is 17.3. The third-order valence-electron chi connectivity index (χ3n) is 4.82. The van der Waals surface area contributed by atoms with Crippen molar-refractivity contribution >= 4 is 66.8 Å². The molecule has 6 heteroatoms. The molecule has 0 fully saturated rings. The highest BCUT2D eigenvalue weighted by Crippen LogP contribution is 2.29. The largest absolute Gasteiger partial charge is 0.254 e. The van der Waals surface area contributed by atoms with Crippen LogP contribution < -0.4 is 0 Å². The molecular weight excluding hydrogens is 415 g/mol. The molecule has 4 nitrogen and oxygen atoms in total. The molecule has 6 aromatic rings. The lowest BCUT2D eigenvalue weighted by Crippen LogP contribution is -1.84. The highest BCUT2D eigenvalue weighted by atomic mass is 35.5. The van der Waals surface area contributed by atoms with Gasteiger partial charge in [-0.05, 0) is 48.5 Å². The summed E-state index contributed by atoms with van der Waals surface area (Å²) in [6.07, 6.45) is 7.05. The van der Waals surface area contributed by atoms with Crippen molar-refractivity contribution in [3.63, 3.8) is 0 Å². The molecule has 0 amide bonds. The second-order valence-electron chi connectivity index (χ2n) is 6.67. The average Bonchev–Trinajstić information content (AvgIpc) is 2.80. The van der Waals surface area contributed by atoms with E-state index in [1.807, 2.05) is 60.7 Å². The maximum Gasteiger partial charge on any atom is 0.0979 e. The van der Waals surface area contributed by atoms with Crippen LogP contribution in [0.4, 0.5) is 0 Å². The Labute approximate surface area is 182 Å². The molecular formula is C24H14Cl2N4. The fourth-order valence-corrected chi connectivity index (χ4v) is 4.01. The first-order chi connectivity index (χ1) is 14.7. The predicted octanol–water partition coefficient (Wildman–Crippen LogP) is 6.87. The van der Waals surface area contributed by atoms with Crippen molar-refractivity contribution in [2.75, 3.05) is 0 Å². The van der Waals surface area contributed by atoms with Gasteiger partial charge in [0.05, 0.1) is 32.1 Å². The first-order valence-corrected chi connectivity index (χ1v) is 10.0. The van der Waals surface area contributed by atoms with E-state index in [9.17, 15) is 0 Å². The van der Waals surface area contributed by atoms with E-state index in [1.165, 1.54) is 0 Å². The normalized spacial score (nSPS) is 11.0. The third kappa shape index (κ3) is 3.30. The van der Waals surface area contributed by atoms with Crippen LogP contribution in [0, 0.1) is 0 Å². The maximum atomic E-state index is 6.17. The number of pyridine rings is 4. The van der Waals surface area contributed by atoms with Crippen molar-refractivity contribution in [3.05, 3.63) is 95.5 Å². The quantitative estimate of drug-likeness (QED) is 0.247. The standard InChI is InChI=1S/2C12H7ClN2/c2*13-10-7-8-3-1-5-14-11(8)12-9(10)4-2-6-15-12/h2*1-7H. The van der Waals surface area contributed by atoms with Crippen LogP contribution in [0.2, 0.25) is 10.0 Å². The molecule has 144 valence electrons. The van der Waals surface area contributed by atoms with Crippen LogP contribution in [-0.4, -0.2) is 19.9 Å². The molecule has 30 heavy (non-hydrogen) atoms. The molecule has 4 aromatic heterocycles. The summed E-state index contributed by atoms with van der Waals surface area (Å²) < 4.78 is 0. The van der Waals surface area contributed by atoms with E-state index in [0.717, 1.165) is 53.7 Å². The molecule has 0 aliphatic carbocycles. The Kier molecular flexibility index (Phi) is 4.87. The number of nitrogens with zero attached hydrogens (tertiary/aromatic N) is 4. The van der Waals surface area contributed by atoms with Gasteiger partial charge < -0.3 is 0 Å². The average molecular weight is 429 g/mol. The Balaban J connectivity index is 0.000000128. The number of aromatic nitrogens is 4. The SMILES string of the molecule is Clc1cc2cccnc2c2ncccc12.Clc1cc2cccnc2c2ncccc12. The van der Waals surface area contributed by atoms with Crippen LogP contribution in [0.15, 0.2) is 85.5 Å². The van der Waals surface area contributed by atoms with Gasteiger partial charge in [-0.1, -0.05) is 35.3 Å². The van der Waals surface area contributed by atoms with Gasteiger partial charge in [0.15, 0.2) is 0 Å². The number of hydrogen-bond donors (Lipinski definition) is 0. The van der Waals surface area contributed by atoms with Gasteiger partial charge in [-0.2, -0.15) is 0 Å². The van der Waals surface area contributed by atoms with E-state index in [1.54, 1.807) is 24.8 Å². The van der Waals surface area contributed by atoms with E-state index in [2.05, 4.69) is 19.9 Å². The summed E-state index contributed by atoms with van der Waals surface area (Å²) in [5.74, 6) is 0. The van der Waals surface area contributed by atoms with Crippen LogP contribution >= 0.6 is 23.2 Å². The topological polar surface area (TPSA) is 51.6 Å². The summed E-state index contributed by atoms with van der Waals surface area (Å²) in [7, 11) is 0. The Morgan fingerprint density at radius 2 is 0.833 bits per heavy atom. The summed E-state index contributed by atoms with van der Waals surface area (Å²) in [5, 5.41) is 5.38. The number of rotatable bonds is 0. The van der Waals surface area contributed by atoms with E-state index >= 15 is 0 Å². The molecule has 0 radical (unpaired) electrons. The second-order valence-corrected chi connectivity index (χ2v) is 7.48. The maximum absolute atomic E-state index is 6.17. The van der Waals surface area contributed by atoms with Crippen LogP contribution in [0.1, 0.15) is 0 Å². The molecule has 0 N–H and O–H groups in total. The van der Waals surface area contributed by atoms with Gasteiger partial charge in [0.2, 0.25) is 0 Å². The smallest absolute Gasteiger partial charge is 0.0979 e. The number of halogens is 2. The summed E-state index contributed by atoms with van der Waals surface area (Å²) in [6.45, 7) is 0. The van der Waals surface area contributed by atoms with Crippen LogP contribution in [-0.2, 0) is 0 Å². The van der Waals surface area contributed by atoms with Crippen molar-refractivity contribution in [2.24, 2.45) is 0 Å². The summed E-state index contributed by atoms with van der Waals surface area (Å²) in [5.41, 5.74) is 3.52. The molecule has 6 rings (SSSR count). The van der Waals surface area contributed by atoms with Gasteiger partial charge in [0.25, 0.3) is 0 Å². The minimum Gasteiger partial charge on any atom is -0.254 e. The molecule has 0 atom stereocenters. The molecule has 0 unspecified atom stereocenters. The Hall–Kier alpha value is -3.34. The van der Waals surface area contributed by atoms with E-state index < -0.39 is 0 Å². The number of hydrogen-bond acceptors (Lipinski definition) is 4. The van der Waals surface area contributed by atoms with Gasteiger partial charge in [-0.3, -0.25) is 19.9 Å². The van der Waals surface area contributed by atoms with Crippen molar-refractivity contribution in [2.45, 2.75) is 0 Å². The molecule has 0 saturated carbocycles. The molecule has 0 aliphatic heterocycles. The van der Waals surface area contributed by atoms with Crippen molar-refractivity contribution in [3.8, 4) is 0 Å². The van der Waals surface area contributed by atoms with Gasteiger partial charge >= 0.3 is 0 Å². The monoisotopic (exact) mass is 428 g/mol. The summed E-state index contributed by atoms with van der Waals surface area (Å²) in [6, 6.07) is 19.3. The summed E-state index contributed by atoms with van der Waals surface area (Å²) >= 11 is 12.3. The Bertz CT molecular complexity index is 1420. The van der Waals surface area contributed by atoms with Crippen molar-refractivity contribution < 1.29 is 0 Å². The first-order valence-electron chi connectivity index (χ1n) is 9.28. The lowest BCUT2D eigenvalue weighted by Gasteiger charge is -2.03. The zero-order valence-electron chi connectivity index (χ0n) is 15.6. The minimum atomic E-state index is 0.721. The zero-order valence-corrected chi connectivity index (χ0v) is 17.1. The van der Waals surface area contributed by atoms with Crippen molar-refractivity contribution in [1.29, 1.82) is 0 Å². The highest BCUT2D eigenvalue weighted by Gasteiger charge is 2.06. The Morgan fingerprint density at radius 3 is 1.27 bits per heavy atom. The van der Waals surface area contributed by atoms with Gasteiger partial charge in [0, 0.05) is 46.3 Å². The number of fused-ring (bicyclic) bond motifs is 6. The fraction of sp³-hybridized carbons (Fsp3) is 0. The Morgan fingerprint density at radius 1 is 0.467 bits per heavy atom. The van der Waals surface area contributed by atoms with Crippen LogP contribution in [0.25, 0.3) is 43.6 Å². The van der Waals surface area contributed by atoms with E-state index in [-0.39, 0.29) is 0 Å². The molecule has 0 aliphatic rings. The molecule has 4 heterocycles. The molecule has 0 saturated heterocycles. The van der Waals surface area contributed by atoms with E-state index in [4.69, 9.17) is 23.2 Å². The number of benzene rings is 2. The fourth-order valence-electron chi connectivity index (χ4n) is 3.47. The van der Waals surface area contributed by atoms with Gasteiger partial charge in [-0.15, -0.1) is 0 Å². The first kappa shape index (κ1) is 18.7. The molecule has 0 spiro atoms. The van der Waals surface area contributed by atoms with Gasteiger partial charge in [0.1, 0.15) is 0 Å². The minimum absolute atomic E-state index is 0.721. The third-order valence-corrected chi connectivity index (χ3v) is 5.45. The molecule has 0 bridgehead atoms. The second kappa shape index (κ2) is 7.82. The predicted molar refractivity (Wildman–Crippen MR) is 124 cm³/mol. The van der Waals surface area contributed by atoms with Crippen LogP contribution in [0.3, 0.4) is 0 Å². The highest BCUT2D eigenvalue weighted by molar-refractivity contribution is 6.37. The lowest BCUT2D eigenvalue weighted by molar-refractivity contribution is 1.37. The van der Waals surface area contributed by atoms with Gasteiger partial charge in [-0.25, -0.2) is 0 Å². The van der Waals surface area contributed by atoms with E-state index in [0.29, 0.717) is 0 Å². The zero-order chi connectivity index (χ0) is 20.5. The molecule has 2 aromatic carbocycles. The van der Waals surface area contributed by atoms with Crippen molar-refractivity contribution in [1.82, 2.24) is 19.9 Å².